The number of amides is 2. The number of aromatic nitrogens is 1. The van der Waals surface area contributed by atoms with Gasteiger partial charge in [0.25, 0.3) is 0 Å². The highest BCUT2D eigenvalue weighted by atomic mass is 16.5. The van der Waals surface area contributed by atoms with E-state index in [-0.39, 0.29) is 6.03 Å². The molecule has 2 N–H and O–H groups in total. The van der Waals surface area contributed by atoms with Crippen molar-refractivity contribution in [2.45, 2.75) is 20.3 Å². The largest absolute Gasteiger partial charge is 0.441 e. The average Bonchev–Trinajstić information content (AvgIpc) is 2.78. The van der Waals surface area contributed by atoms with Gasteiger partial charge in [-0.15, -0.1) is 0 Å². The number of benzene rings is 1. The predicted molar refractivity (Wildman–Crippen MR) is 76.9 cm³/mol. The zero-order valence-corrected chi connectivity index (χ0v) is 11.7. The van der Waals surface area contributed by atoms with Crippen LogP contribution in [0.2, 0.25) is 0 Å². The van der Waals surface area contributed by atoms with Gasteiger partial charge in [-0.1, -0.05) is 0 Å². The van der Waals surface area contributed by atoms with Crippen molar-refractivity contribution in [3.05, 3.63) is 24.1 Å². The first-order valence-electron chi connectivity index (χ1n) is 6.69. The Kier molecular flexibility index (Phi) is 4.95. The van der Waals surface area contributed by atoms with Crippen LogP contribution in [0.5, 0.6) is 0 Å². The number of oxazole rings is 1. The number of fused-ring (bicyclic) bond motifs is 1. The third kappa shape index (κ3) is 3.96. The molecule has 6 nitrogen and oxygen atoms in total. The standard InChI is InChI=1S/C14H19N3O3/c1-3-19-8-4-7-15-14(18)17-11-5-6-13-12(9-11)16-10(2)20-13/h5-6,9H,3-4,7-8H2,1-2H3,(H2,15,17,18). The van der Waals surface area contributed by atoms with Crippen LogP contribution in [-0.2, 0) is 4.74 Å². The number of aryl methyl sites for hydroxylation is 1. The van der Waals surface area contributed by atoms with Crippen LogP contribution in [0.4, 0.5) is 10.5 Å². The fraction of sp³-hybridized carbons (Fsp3) is 0.429. The van der Waals surface area contributed by atoms with E-state index in [1.54, 1.807) is 25.1 Å². The first kappa shape index (κ1) is 14.3. The SMILES string of the molecule is CCOCCCNC(=O)Nc1ccc2oc(C)nc2c1. The smallest absolute Gasteiger partial charge is 0.319 e. The average molecular weight is 277 g/mol. The molecule has 2 amide bonds. The monoisotopic (exact) mass is 277 g/mol. The van der Waals surface area contributed by atoms with E-state index in [0.29, 0.717) is 36.9 Å². The Morgan fingerprint density at radius 1 is 1.45 bits per heavy atom. The second-order valence-electron chi connectivity index (χ2n) is 4.35. The zero-order valence-electron chi connectivity index (χ0n) is 11.7. The summed E-state index contributed by atoms with van der Waals surface area (Å²) in [7, 11) is 0. The second kappa shape index (κ2) is 6.91. The van der Waals surface area contributed by atoms with Gasteiger partial charge in [0.1, 0.15) is 5.52 Å². The second-order valence-corrected chi connectivity index (χ2v) is 4.35. The van der Waals surface area contributed by atoms with E-state index in [2.05, 4.69) is 15.6 Å². The number of carbonyl (C=O) groups is 1. The Bertz CT molecular complexity index is 580. The summed E-state index contributed by atoms with van der Waals surface area (Å²) in [6.07, 6.45) is 0.794. The van der Waals surface area contributed by atoms with Crippen molar-refractivity contribution >= 4 is 22.8 Å². The van der Waals surface area contributed by atoms with Gasteiger partial charge in [-0.25, -0.2) is 9.78 Å². The van der Waals surface area contributed by atoms with E-state index in [1.165, 1.54) is 0 Å². The molecule has 6 heteroatoms. The number of rotatable bonds is 6. The van der Waals surface area contributed by atoms with Gasteiger partial charge in [0.2, 0.25) is 0 Å². The van der Waals surface area contributed by atoms with E-state index < -0.39 is 0 Å². The molecule has 0 radical (unpaired) electrons. The number of nitrogens with one attached hydrogen (secondary N) is 2. The molecule has 0 atom stereocenters. The van der Waals surface area contributed by atoms with Gasteiger partial charge in [0.15, 0.2) is 11.5 Å². The lowest BCUT2D eigenvalue weighted by Crippen LogP contribution is -2.30. The highest BCUT2D eigenvalue weighted by Crippen LogP contribution is 2.19. The molecule has 0 aliphatic heterocycles. The highest BCUT2D eigenvalue weighted by molar-refractivity contribution is 5.91. The van der Waals surface area contributed by atoms with Crippen molar-refractivity contribution in [2.24, 2.45) is 0 Å². The van der Waals surface area contributed by atoms with E-state index in [0.717, 1.165) is 11.9 Å². The first-order chi connectivity index (χ1) is 9.69. The van der Waals surface area contributed by atoms with Crippen molar-refractivity contribution in [1.82, 2.24) is 10.3 Å². The summed E-state index contributed by atoms with van der Waals surface area (Å²) < 4.78 is 10.6. The molecule has 1 aromatic carbocycles. The molecule has 2 rings (SSSR count). The van der Waals surface area contributed by atoms with Gasteiger partial charge < -0.3 is 19.8 Å². The van der Waals surface area contributed by atoms with E-state index in [9.17, 15) is 4.79 Å². The van der Waals surface area contributed by atoms with E-state index in [4.69, 9.17) is 9.15 Å². The number of hydrogen-bond donors (Lipinski definition) is 2. The third-order valence-electron chi connectivity index (χ3n) is 2.71. The van der Waals surface area contributed by atoms with E-state index in [1.807, 2.05) is 6.92 Å². The molecule has 0 saturated carbocycles. The summed E-state index contributed by atoms with van der Waals surface area (Å²) in [4.78, 5) is 15.9. The number of hydrogen-bond acceptors (Lipinski definition) is 4. The maximum atomic E-state index is 11.7. The molecule has 0 saturated heterocycles. The molecule has 0 aliphatic carbocycles. The number of urea groups is 1. The Labute approximate surface area is 117 Å². The summed E-state index contributed by atoms with van der Waals surface area (Å²) >= 11 is 0. The summed E-state index contributed by atoms with van der Waals surface area (Å²) in [6.45, 7) is 5.67. The van der Waals surface area contributed by atoms with Crippen LogP contribution in [-0.4, -0.2) is 30.8 Å². The molecule has 2 aromatic rings. The molecule has 0 unspecified atom stereocenters. The van der Waals surface area contributed by atoms with Gasteiger partial charge in [-0.2, -0.15) is 0 Å². The van der Waals surface area contributed by atoms with Crippen molar-refractivity contribution in [2.75, 3.05) is 25.1 Å². The zero-order chi connectivity index (χ0) is 14.4. The fourth-order valence-corrected chi connectivity index (χ4v) is 1.82. The maximum Gasteiger partial charge on any atom is 0.319 e. The minimum atomic E-state index is -0.235. The summed E-state index contributed by atoms with van der Waals surface area (Å²) in [5.74, 6) is 0.609. The van der Waals surface area contributed by atoms with Gasteiger partial charge in [-0.05, 0) is 31.5 Å². The van der Waals surface area contributed by atoms with Crippen molar-refractivity contribution in [3.8, 4) is 0 Å². The molecule has 0 fully saturated rings. The number of ether oxygens (including phenoxy) is 1. The topological polar surface area (TPSA) is 76.4 Å². The number of anilines is 1. The Balaban J connectivity index is 1.83. The van der Waals surface area contributed by atoms with Crippen LogP contribution in [0.15, 0.2) is 22.6 Å². The van der Waals surface area contributed by atoms with Crippen LogP contribution in [0.25, 0.3) is 11.1 Å². The van der Waals surface area contributed by atoms with Crippen LogP contribution in [0.3, 0.4) is 0 Å². The highest BCUT2D eigenvalue weighted by Gasteiger charge is 2.05. The lowest BCUT2D eigenvalue weighted by Gasteiger charge is -2.07. The minimum Gasteiger partial charge on any atom is -0.441 e. The summed E-state index contributed by atoms with van der Waals surface area (Å²) in [6, 6.07) is 5.12. The molecule has 20 heavy (non-hydrogen) atoms. The van der Waals surface area contributed by atoms with Crippen LogP contribution in [0, 0.1) is 6.92 Å². The molecule has 0 spiro atoms. The van der Waals surface area contributed by atoms with E-state index >= 15 is 0 Å². The molecule has 0 aliphatic rings. The summed E-state index contributed by atoms with van der Waals surface area (Å²) in [5, 5.41) is 5.53. The van der Waals surface area contributed by atoms with Crippen molar-refractivity contribution < 1.29 is 13.9 Å². The number of carbonyl (C=O) groups excluding carboxylic acids is 1. The van der Waals surface area contributed by atoms with Gasteiger partial charge in [-0.3, -0.25) is 0 Å². The van der Waals surface area contributed by atoms with Crippen LogP contribution in [0.1, 0.15) is 19.2 Å². The van der Waals surface area contributed by atoms with Gasteiger partial charge >= 0.3 is 6.03 Å². The lowest BCUT2D eigenvalue weighted by atomic mass is 10.3. The van der Waals surface area contributed by atoms with Gasteiger partial charge in [0, 0.05) is 32.4 Å². The number of nitrogens with zero attached hydrogens (tertiary/aromatic N) is 1. The molecule has 108 valence electrons. The predicted octanol–water partition coefficient (Wildman–Crippen LogP) is 2.68. The quantitative estimate of drug-likeness (QED) is 0.796. The first-order valence-corrected chi connectivity index (χ1v) is 6.69. The lowest BCUT2D eigenvalue weighted by molar-refractivity contribution is 0.145. The Morgan fingerprint density at radius 2 is 2.30 bits per heavy atom. The maximum absolute atomic E-state index is 11.7. The normalized spacial score (nSPS) is 10.7. The van der Waals surface area contributed by atoms with Crippen molar-refractivity contribution in [1.29, 1.82) is 0 Å². The minimum absolute atomic E-state index is 0.235. The van der Waals surface area contributed by atoms with Crippen LogP contribution < -0.4 is 10.6 Å². The van der Waals surface area contributed by atoms with Gasteiger partial charge in [0.05, 0.1) is 0 Å². The molecular weight excluding hydrogens is 258 g/mol. The molecule has 1 heterocycles. The fourth-order valence-electron chi connectivity index (χ4n) is 1.82. The van der Waals surface area contributed by atoms with Crippen LogP contribution >= 0.6 is 0 Å². The molecular formula is C14H19N3O3. The Morgan fingerprint density at radius 3 is 3.10 bits per heavy atom. The molecule has 1 aromatic heterocycles. The Hall–Kier alpha value is -2.08. The third-order valence-corrected chi connectivity index (χ3v) is 2.71. The van der Waals surface area contributed by atoms with Crippen molar-refractivity contribution in [3.63, 3.8) is 0 Å². The summed E-state index contributed by atoms with van der Waals surface area (Å²) in [5.41, 5.74) is 2.13. The molecule has 0 bridgehead atoms.